The summed E-state index contributed by atoms with van der Waals surface area (Å²) in [6.45, 7) is 4.01. The molecule has 2 aromatic carbocycles. The minimum absolute atomic E-state index is 0.0881. The van der Waals surface area contributed by atoms with E-state index in [9.17, 15) is 14.0 Å². The first-order valence-corrected chi connectivity index (χ1v) is 9.43. The summed E-state index contributed by atoms with van der Waals surface area (Å²) in [5.74, 6) is -0.994. The Labute approximate surface area is 168 Å². The molecule has 0 aromatic heterocycles. The maximum atomic E-state index is 13.6. The molecule has 0 aliphatic carbocycles. The fourth-order valence-corrected chi connectivity index (χ4v) is 3.09. The van der Waals surface area contributed by atoms with Gasteiger partial charge in [0.05, 0.1) is 5.69 Å². The molecule has 0 saturated carbocycles. The summed E-state index contributed by atoms with van der Waals surface area (Å²) in [5, 5.41) is 5.84. The fourth-order valence-electron chi connectivity index (χ4n) is 2.97. The van der Waals surface area contributed by atoms with E-state index in [2.05, 4.69) is 15.5 Å². The van der Waals surface area contributed by atoms with Gasteiger partial charge >= 0.3 is 6.03 Å². The van der Waals surface area contributed by atoms with Crippen LogP contribution >= 0.6 is 11.6 Å². The van der Waals surface area contributed by atoms with E-state index < -0.39 is 17.8 Å². The van der Waals surface area contributed by atoms with Gasteiger partial charge < -0.3 is 20.4 Å². The number of amides is 3. The molecule has 8 heteroatoms. The number of hydrogen-bond acceptors (Lipinski definition) is 3. The molecule has 0 bridgehead atoms. The van der Waals surface area contributed by atoms with Crippen LogP contribution < -0.4 is 15.5 Å². The van der Waals surface area contributed by atoms with Gasteiger partial charge in [-0.3, -0.25) is 4.79 Å². The first-order chi connectivity index (χ1) is 13.4. The van der Waals surface area contributed by atoms with Crippen LogP contribution in [0.2, 0.25) is 5.02 Å². The Hall–Kier alpha value is -2.80. The van der Waals surface area contributed by atoms with Gasteiger partial charge in [-0.05, 0) is 43.3 Å². The van der Waals surface area contributed by atoms with Gasteiger partial charge in [0, 0.05) is 36.9 Å². The Morgan fingerprint density at radius 3 is 2.32 bits per heavy atom. The first-order valence-electron chi connectivity index (χ1n) is 9.05. The summed E-state index contributed by atoms with van der Waals surface area (Å²) in [5.41, 5.74) is 1.15. The molecule has 1 heterocycles. The molecule has 0 radical (unpaired) electrons. The van der Waals surface area contributed by atoms with Crippen molar-refractivity contribution in [1.29, 1.82) is 0 Å². The number of para-hydroxylation sites is 1. The normalized spacial score (nSPS) is 15.1. The van der Waals surface area contributed by atoms with Gasteiger partial charge in [-0.25, -0.2) is 9.18 Å². The smallest absolute Gasteiger partial charge is 0.318 e. The number of carbonyl (C=O) groups excluding carboxylic acids is 2. The average Bonchev–Trinajstić information content (AvgIpc) is 2.70. The number of rotatable bonds is 4. The van der Waals surface area contributed by atoms with Crippen molar-refractivity contribution >= 4 is 34.9 Å². The van der Waals surface area contributed by atoms with Crippen LogP contribution in [0.5, 0.6) is 0 Å². The van der Waals surface area contributed by atoms with Crippen LogP contribution in [0.3, 0.4) is 0 Å². The van der Waals surface area contributed by atoms with Crippen molar-refractivity contribution in [2.24, 2.45) is 0 Å². The van der Waals surface area contributed by atoms with E-state index in [1.165, 1.54) is 12.1 Å². The Morgan fingerprint density at radius 2 is 1.68 bits per heavy atom. The van der Waals surface area contributed by atoms with Crippen molar-refractivity contribution in [3.8, 4) is 0 Å². The van der Waals surface area contributed by atoms with Gasteiger partial charge in [-0.2, -0.15) is 0 Å². The Bertz CT molecular complexity index is 838. The van der Waals surface area contributed by atoms with Gasteiger partial charge in [0.2, 0.25) is 5.91 Å². The van der Waals surface area contributed by atoms with Gasteiger partial charge in [-0.1, -0.05) is 23.7 Å². The van der Waals surface area contributed by atoms with Gasteiger partial charge in [0.15, 0.2) is 0 Å². The summed E-state index contributed by atoms with van der Waals surface area (Å²) >= 11 is 5.92. The molecule has 1 aliphatic rings. The zero-order valence-electron chi connectivity index (χ0n) is 15.5. The molecular formula is C20H22ClFN4O2. The largest absolute Gasteiger partial charge is 0.368 e. The van der Waals surface area contributed by atoms with E-state index in [-0.39, 0.29) is 11.7 Å². The number of halogens is 2. The summed E-state index contributed by atoms with van der Waals surface area (Å²) in [6.07, 6.45) is 0. The van der Waals surface area contributed by atoms with Crippen molar-refractivity contribution in [2.45, 2.75) is 13.0 Å². The molecule has 6 nitrogen and oxygen atoms in total. The highest BCUT2D eigenvalue weighted by Crippen LogP contribution is 2.19. The van der Waals surface area contributed by atoms with Gasteiger partial charge in [0.25, 0.3) is 0 Å². The van der Waals surface area contributed by atoms with Crippen molar-refractivity contribution < 1.29 is 14.0 Å². The number of piperazine rings is 1. The van der Waals surface area contributed by atoms with Crippen LogP contribution in [-0.2, 0) is 4.79 Å². The standard InChI is InChI=1S/C20H22ClFN4O2/c1-14(19(27)24-18-5-3-2-4-17(18)22)23-20(28)26-12-10-25(11-13-26)16-8-6-15(21)7-9-16/h2-9,14H,10-13H2,1H3,(H,23,28)(H,24,27)/t14-/m1/s1. The number of nitrogens with one attached hydrogen (secondary N) is 2. The second kappa shape index (κ2) is 8.93. The fraction of sp³-hybridized carbons (Fsp3) is 0.300. The molecule has 148 valence electrons. The molecule has 0 spiro atoms. The second-order valence-electron chi connectivity index (χ2n) is 6.59. The molecule has 1 atom stereocenters. The molecule has 1 aliphatic heterocycles. The molecule has 2 aromatic rings. The summed E-state index contributed by atoms with van der Waals surface area (Å²) < 4.78 is 13.6. The third-order valence-electron chi connectivity index (χ3n) is 4.62. The molecule has 3 rings (SSSR count). The highest BCUT2D eigenvalue weighted by atomic mass is 35.5. The van der Waals surface area contributed by atoms with E-state index in [1.54, 1.807) is 24.0 Å². The third-order valence-corrected chi connectivity index (χ3v) is 4.88. The first kappa shape index (κ1) is 19.9. The highest BCUT2D eigenvalue weighted by molar-refractivity contribution is 6.30. The Morgan fingerprint density at radius 1 is 1.04 bits per heavy atom. The van der Waals surface area contributed by atoms with Crippen LogP contribution in [0.4, 0.5) is 20.6 Å². The molecule has 3 amide bonds. The summed E-state index contributed by atoms with van der Waals surface area (Å²) in [4.78, 5) is 28.5. The van der Waals surface area contributed by atoms with Crippen molar-refractivity contribution in [1.82, 2.24) is 10.2 Å². The maximum absolute atomic E-state index is 13.6. The summed E-state index contributed by atoms with van der Waals surface area (Å²) in [6, 6.07) is 12.4. The topological polar surface area (TPSA) is 64.7 Å². The lowest BCUT2D eigenvalue weighted by atomic mass is 10.2. The minimum atomic E-state index is -0.790. The lowest BCUT2D eigenvalue weighted by Gasteiger charge is -2.36. The number of anilines is 2. The van der Waals surface area contributed by atoms with Crippen molar-refractivity contribution in [3.05, 3.63) is 59.4 Å². The van der Waals surface area contributed by atoms with Crippen LogP contribution in [0.1, 0.15) is 6.92 Å². The number of urea groups is 1. The molecule has 1 saturated heterocycles. The van der Waals surface area contributed by atoms with Crippen LogP contribution in [-0.4, -0.2) is 49.1 Å². The molecule has 0 unspecified atom stereocenters. The lowest BCUT2D eigenvalue weighted by Crippen LogP contribution is -2.54. The molecular weight excluding hydrogens is 383 g/mol. The zero-order chi connectivity index (χ0) is 20.1. The summed E-state index contributed by atoms with van der Waals surface area (Å²) in [7, 11) is 0. The quantitative estimate of drug-likeness (QED) is 0.821. The van der Waals surface area contributed by atoms with E-state index in [1.807, 2.05) is 24.3 Å². The van der Waals surface area contributed by atoms with E-state index in [0.717, 1.165) is 5.69 Å². The van der Waals surface area contributed by atoms with E-state index in [4.69, 9.17) is 11.6 Å². The van der Waals surface area contributed by atoms with E-state index >= 15 is 0 Å². The number of nitrogens with zero attached hydrogens (tertiary/aromatic N) is 2. The molecule has 2 N–H and O–H groups in total. The average molecular weight is 405 g/mol. The maximum Gasteiger partial charge on any atom is 0.318 e. The molecule has 28 heavy (non-hydrogen) atoms. The Kier molecular flexibility index (Phi) is 6.36. The minimum Gasteiger partial charge on any atom is -0.368 e. The number of hydrogen-bond donors (Lipinski definition) is 2. The predicted molar refractivity (Wildman–Crippen MR) is 108 cm³/mol. The SMILES string of the molecule is C[C@@H](NC(=O)N1CCN(c2ccc(Cl)cc2)CC1)C(=O)Nc1ccccc1F. The van der Waals surface area contributed by atoms with Crippen LogP contribution in [0.15, 0.2) is 48.5 Å². The third kappa shape index (κ3) is 4.92. The molecule has 1 fully saturated rings. The van der Waals surface area contributed by atoms with Crippen LogP contribution in [0, 0.1) is 5.82 Å². The Balaban J connectivity index is 1.49. The predicted octanol–water partition coefficient (Wildman–Crippen LogP) is 3.34. The second-order valence-corrected chi connectivity index (χ2v) is 7.03. The van der Waals surface area contributed by atoms with Crippen molar-refractivity contribution in [3.63, 3.8) is 0 Å². The van der Waals surface area contributed by atoms with Gasteiger partial charge in [0.1, 0.15) is 11.9 Å². The number of benzene rings is 2. The van der Waals surface area contributed by atoms with Gasteiger partial charge in [-0.15, -0.1) is 0 Å². The van der Waals surface area contributed by atoms with E-state index in [0.29, 0.717) is 31.2 Å². The van der Waals surface area contributed by atoms with Crippen LogP contribution in [0.25, 0.3) is 0 Å². The monoisotopic (exact) mass is 404 g/mol. The van der Waals surface area contributed by atoms with Crippen molar-refractivity contribution in [2.75, 3.05) is 36.4 Å². The lowest BCUT2D eigenvalue weighted by molar-refractivity contribution is -0.117. The zero-order valence-corrected chi connectivity index (χ0v) is 16.2. The number of carbonyl (C=O) groups is 2. The highest BCUT2D eigenvalue weighted by Gasteiger charge is 2.24.